The van der Waals surface area contributed by atoms with Crippen LogP contribution in [0.5, 0.6) is 0 Å². The number of pyridine rings is 1. The van der Waals surface area contributed by atoms with Crippen LogP contribution in [0.2, 0.25) is 0 Å². The maximum absolute atomic E-state index is 5.32. The number of hydrogen-bond donors (Lipinski definition) is 0. The molecule has 0 saturated carbocycles. The van der Waals surface area contributed by atoms with Gasteiger partial charge in [0.25, 0.3) is 0 Å². The summed E-state index contributed by atoms with van der Waals surface area (Å²) in [5.41, 5.74) is 4.30. The molecule has 3 rings (SSSR count). The predicted molar refractivity (Wildman–Crippen MR) is 83.9 cm³/mol. The van der Waals surface area contributed by atoms with E-state index < -0.39 is 0 Å². The molecular formula is C18H18N2O. The third-order valence-electron chi connectivity index (χ3n) is 3.46. The van der Waals surface area contributed by atoms with Crippen LogP contribution in [0.1, 0.15) is 26.5 Å². The summed E-state index contributed by atoms with van der Waals surface area (Å²) < 4.78 is 5.32. The van der Waals surface area contributed by atoms with Crippen molar-refractivity contribution in [3.63, 3.8) is 0 Å². The second kappa shape index (κ2) is 5.17. The number of benzene rings is 1. The third kappa shape index (κ3) is 2.72. The van der Waals surface area contributed by atoms with Gasteiger partial charge in [-0.15, -0.1) is 0 Å². The SMILES string of the molecule is CC(C)(C)c1cc(-c2ccccc2)c(-c2ccno2)cn1. The molecule has 0 atom stereocenters. The van der Waals surface area contributed by atoms with Gasteiger partial charge in [0.2, 0.25) is 0 Å². The van der Waals surface area contributed by atoms with E-state index in [0.29, 0.717) is 0 Å². The van der Waals surface area contributed by atoms with Gasteiger partial charge in [-0.25, -0.2) is 0 Å². The molecule has 0 bridgehead atoms. The first-order valence-electron chi connectivity index (χ1n) is 7.03. The average Bonchev–Trinajstić information content (AvgIpc) is 3.01. The van der Waals surface area contributed by atoms with Gasteiger partial charge in [0.05, 0.1) is 6.20 Å². The van der Waals surface area contributed by atoms with Crippen LogP contribution in [0.4, 0.5) is 0 Å². The van der Waals surface area contributed by atoms with E-state index in [0.717, 1.165) is 28.1 Å². The van der Waals surface area contributed by atoms with Gasteiger partial charge < -0.3 is 4.52 Å². The van der Waals surface area contributed by atoms with Crippen molar-refractivity contribution in [3.8, 4) is 22.5 Å². The summed E-state index contributed by atoms with van der Waals surface area (Å²) >= 11 is 0. The minimum absolute atomic E-state index is 0.00345. The highest BCUT2D eigenvalue weighted by Gasteiger charge is 2.19. The zero-order chi connectivity index (χ0) is 14.9. The largest absolute Gasteiger partial charge is 0.356 e. The molecule has 0 unspecified atom stereocenters. The average molecular weight is 278 g/mol. The quantitative estimate of drug-likeness (QED) is 0.682. The van der Waals surface area contributed by atoms with Gasteiger partial charge >= 0.3 is 0 Å². The molecule has 0 fully saturated rings. The van der Waals surface area contributed by atoms with Crippen LogP contribution in [0.3, 0.4) is 0 Å². The molecule has 0 aliphatic rings. The van der Waals surface area contributed by atoms with Crippen molar-refractivity contribution in [2.24, 2.45) is 0 Å². The summed E-state index contributed by atoms with van der Waals surface area (Å²) in [6, 6.07) is 14.3. The molecule has 0 N–H and O–H groups in total. The second-order valence-corrected chi connectivity index (χ2v) is 6.11. The number of rotatable bonds is 2. The van der Waals surface area contributed by atoms with Crippen molar-refractivity contribution in [3.05, 3.63) is 60.6 Å². The van der Waals surface area contributed by atoms with Gasteiger partial charge in [-0.2, -0.15) is 0 Å². The normalized spacial score (nSPS) is 11.6. The van der Waals surface area contributed by atoms with Crippen LogP contribution in [0, 0.1) is 0 Å². The van der Waals surface area contributed by atoms with Crippen molar-refractivity contribution >= 4 is 0 Å². The summed E-state index contributed by atoms with van der Waals surface area (Å²) in [6.07, 6.45) is 3.53. The van der Waals surface area contributed by atoms with Crippen molar-refractivity contribution < 1.29 is 4.52 Å². The molecule has 106 valence electrons. The van der Waals surface area contributed by atoms with Gasteiger partial charge in [0.15, 0.2) is 5.76 Å². The lowest BCUT2D eigenvalue weighted by Gasteiger charge is -2.19. The molecule has 21 heavy (non-hydrogen) atoms. The van der Waals surface area contributed by atoms with E-state index in [4.69, 9.17) is 4.52 Å². The lowest BCUT2D eigenvalue weighted by Crippen LogP contribution is -2.13. The van der Waals surface area contributed by atoms with Crippen LogP contribution in [0.25, 0.3) is 22.5 Å². The molecular weight excluding hydrogens is 260 g/mol. The van der Waals surface area contributed by atoms with Crippen molar-refractivity contribution in [1.82, 2.24) is 10.1 Å². The van der Waals surface area contributed by atoms with Gasteiger partial charge in [-0.1, -0.05) is 56.3 Å². The van der Waals surface area contributed by atoms with Crippen LogP contribution in [0.15, 0.2) is 59.4 Å². The van der Waals surface area contributed by atoms with Gasteiger partial charge in [0, 0.05) is 28.9 Å². The summed E-state index contributed by atoms with van der Waals surface area (Å²) in [5, 5.41) is 3.80. The summed E-state index contributed by atoms with van der Waals surface area (Å²) in [7, 11) is 0. The fourth-order valence-electron chi connectivity index (χ4n) is 2.27. The molecule has 0 spiro atoms. The summed E-state index contributed by atoms with van der Waals surface area (Å²) in [5.74, 6) is 0.738. The van der Waals surface area contributed by atoms with Gasteiger partial charge in [0.1, 0.15) is 0 Å². The topological polar surface area (TPSA) is 38.9 Å². The molecule has 2 aromatic heterocycles. The Kier molecular flexibility index (Phi) is 3.34. The van der Waals surface area contributed by atoms with Crippen molar-refractivity contribution in [1.29, 1.82) is 0 Å². The van der Waals surface area contributed by atoms with E-state index in [-0.39, 0.29) is 5.41 Å². The van der Waals surface area contributed by atoms with E-state index in [1.807, 2.05) is 30.5 Å². The molecule has 3 aromatic rings. The van der Waals surface area contributed by atoms with E-state index in [2.05, 4.69) is 49.1 Å². The maximum atomic E-state index is 5.32. The fraction of sp³-hybridized carbons (Fsp3) is 0.222. The Labute approximate surface area is 124 Å². The summed E-state index contributed by atoms with van der Waals surface area (Å²) in [6.45, 7) is 6.49. The number of hydrogen-bond acceptors (Lipinski definition) is 3. The molecule has 3 heteroatoms. The Morgan fingerprint density at radius 3 is 2.33 bits per heavy atom. The highest BCUT2D eigenvalue weighted by molar-refractivity contribution is 5.80. The zero-order valence-electron chi connectivity index (χ0n) is 12.5. The lowest BCUT2D eigenvalue weighted by molar-refractivity contribution is 0.432. The molecule has 3 nitrogen and oxygen atoms in total. The molecule has 0 amide bonds. The monoisotopic (exact) mass is 278 g/mol. The smallest absolute Gasteiger partial charge is 0.168 e. The third-order valence-corrected chi connectivity index (χ3v) is 3.46. The number of aromatic nitrogens is 2. The van der Waals surface area contributed by atoms with Crippen molar-refractivity contribution in [2.75, 3.05) is 0 Å². The first-order valence-corrected chi connectivity index (χ1v) is 7.03. The van der Waals surface area contributed by atoms with E-state index in [1.165, 1.54) is 0 Å². The molecule has 0 saturated heterocycles. The minimum atomic E-state index is 0.00345. The van der Waals surface area contributed by atoms with Crippen LogP contribution in [-0.2, 0) is 5.41 Å². The van der Waals surface area contributed by atoms with Crippen LogP contribution >= 0.6 is 0 Å². The van der Waals surface area contributed by atoms with E-state index >= 15 is 0 Å². The molecule has 0 aliphatic heterocycles. The van der Waals surface area contributed by atoms with Crippen LogP contribution in [-0.4, -0.2) is 10.1 Å². The number of nitrogens with zero attached hydrogens (tertiary/aromatic N) is 2. The van der Waals surface area contributed by atoms with Crippen LogP contribution < -0.4 is 0 Å². The van der Waals surface area contributed by atoms with E-state index in [9.17, 15) is 0 Å². The minimum Gasteiger partial charge on any atom is -0.356 e. The molecule has 1 aromatic carbocycles. The Bertz CT molecular complexity index is 726. The maximum Gasteiger partial charge on any atom is 0.168 e. The molecule has 0 radical (unpaired) electrons. The Morgan fingerprint density at radius 2 is 1.71 bits per heavy atom. The molecule has 0 aliphatic carbocycles. The van der Waals surface area contributed by atoms with E-state index in [1.54, 1.807) is 6.20 Å². The highest BCUT2D eigenvalue weighted by Crippen LogP contribution is 2.34. The van der Waals surface area contributed by atoms with Crippen molar-refractivity contribution in [2.45, 2.75) is 26.2 Å². The fourth-order valence-corrected chi connectivity index (χ4v) is 2.27. The predicted octanol–water partition coefficient (Wildman–Crippen LogP) is 4.70. The standard InChI is InChI=1S/C18H18N2O/c1-18(2,3)17-11-14(13-7-5-4-6-8-13)15(12-19-17)16-9-10-20-21-16/h4-12H,1-3H3. The first kappa shape index (κ1) is 13.6. The van der Waals surface area contributed by atoms with Gasteiger partial charge in [-0.05, 0) is 17.2 Å². The van der Waals surface area contributed by atoms with Gasteiger partial charge in [-0.3, -0.25) is 4.98 Å². The first-order chi connectivity index (χ1) is 10.1. The Morgan fingerprint density at radius 1 is 0.952 bits per heavy atom. The Hall–Kier alpha value is -2.42. The highest BCUT2D eigenvalue weighted by atomic mass is 16.5. The second-order valence-electron chi connectivity index (χ2n) is 6.11. The molecule has 2 heterocycles. The summed E-state index contributed by atoms with van der Waals surface area (Å²) in [4.78, 5) is 4.60. The lowest BCUT2D eigenvalue weighted by atomic mass is 9.88. The zero-order valence-corrected chi connectivity index (χ0v) is 12.5. The Balaban J connectivity index is 2.22.